The number of anilines is 1. The van der Waals surface area contributed by atoms with E-state index in [0.717, 1.165) is 39.5 Å². The second-order valence-corrected chi connectivity index (χ2v) is 10.7. The third-order valence-electron chi connectivity index (χ3n) is 5.94. The van der Waals surface area contributed by atoms with Crippen LogP contribution < -0.4 is 5.32 Å². The number of carbonyl (C=O) groups is 3. The molecule has 1 aromatic carbocycles. The first-order valence-corrected chi connectivity index (χ1v) is 12.8. The summed E-state index contributed by atoms with van der Waals surface area (Å²) in [5.41, 5.74) is 2.83. The summed E-state index contributed by atoms with van der Waals surface area (Å²) in [5, 5.41) is 3.50. The van der Waals surface area contributed by atoms with E-state index in [4.69, 9.17) is 0 Å². The van der Waals surface area contributed by atoms with Gasteiger partial charge in [0.15, 0.2) is 5.13 Å². The first-order valence-electron chi connectivity index (χ1n) is 11.2. The molecule has 9 heteroatoms. The molecule has 0 bridgehead atoms. The summed E-state index contributed by atoms with van der Waals surface area (Å²) in [7, 11) is 0. The highest BCUT2D eigenvalue weighted by molar-refractivity contribution is 8.01. The zero-order chi connectivity index (χ0) is 23.5. The van der Waals surface area contributed by atoms with Crippen LogP contribution in [-0.2, 0) is 16.0 Å². The maximum atomic E-state index is 13.4. The molecule has 0 radical (unpaired) electrons. The molecular weight excluding hydrogens is 456 g/mol. The largest absolute Gasteiger partial charge is 0.336 e. The van der Waals surface area contributed by atoms with Gasteiger partial charge in [-0.05, 0) is 49.5 Å². The van der Waals surface area contributed by atoms with Crippen molar-refractivity contribution in [3.8, 4) is 0 Å². The lowest BCUT2D eigenvalue weighted by Crippen LogP contribution is -2.50. The molecule has 1 N–H and O–H groups in total. The third kappa shape index (κ3) is 5.47. The van der Waals surface area contributed by atoms with Gasteiger partial charge >= 0.3 is 0 Å². The molecule has 0 unspecified atom stereocenters. The predicted octanol–water partition coefficient (Wildman–Crippen LogP) is 3.98. The molecule has 33 heavy (non-hydrogen) atoms. The van der Waals surface area contributed by atoms with Crippen LogP contribution in [0.4, 0.5) is 5.13 Å². The number of aromatic nitrogens is 1. The Hall–Kier alpha value is -2.65. The molecule has 1 aliphatic carbocycles. The molecule has 1 saturated heterocycles. The molecule has 174 valence electrons. The number of hydrogen-bond acceptors (Lipinski definition) is 6. The molecule has 1 aromatic heterocycles. The van der Waals surface area contributed by atoms with Gasteiger partial charge in [0.05, 0.1) is 10.4 Å². The van der Waals surface area contributed by atoms with Crippen molar-refractivity contribution in [1.29, 1.82) is 0 Å². The fourth-order valence-electron chi connectivity index (χ4n) is 3.80. The minimum Gasteiger partial charge on any atom is -0.336 e. The number of hydrogen-bond donors (Lipinski definition) is 1. The number of piperazine rings is 1. The van der Waals surface area contributed by atoms with Gasteiger partial charge in [0.2, 0.25) is 11.8 Å². The highest BCUT2D eigenvalue weighted by atomic mass is 32.2. The van der Waals surface area contributed by atoms with Gasteiger partial charge in [-0.15, -0.1) is 0 Å². The predicted molar refractivity (Wildman–Crippen MR) is 131 cm³/mol. The van der Waals surface area contributed by atoms with Crippen LogP contribution in [-0.4, -0.2) is 58.7 Å². The zero-order valence-corrected chi connectivity index (χ0v) is 20.6. The van der Waals surface area contributed by atoms with E-state index in [-0.39, 0.29) is 23.6 Å². The Kier molecular flexibility index (Phi) is 7.19. The summed E-state index contributed by atoms with van der Waals surface area (Å²) in [6.07, 6.45) is 5.76. The first kappa shape index (κ1) is 23.5. The summed E-state index contributed by atoms with van der Waals surface area (Å²) in [6, 6.07) is 4.06. The number of nitrogens with one attached hydrogen (secondary N) is 1. The molecule has 2 aliphatic rings. The topological polar surface area (TPSA) is 82.6 Å². The minimum absolute atomic E-state index is 0.00101. The molecular formula is C24H28N4O3S2. The number of rotatable bonds is 7. The maximum absolute atomic E-state index is 13.4. The van der Waals surface area contributed by atoms with E-state index < -0.39 is 0 Å². The Morgan fingerprint density at radius 2 is 1.91 bits per heavy atom. The number of benzene rings is 1. The van der Waals surface area contributed by atoms with Gasteiger partial charge in [-0.25, -0.2) is 4.98 Å². The Morgan fingerprint density at radius 1 is 1.21 bits per heavy atom. The first-order chi connectivity index (χ1) is 15.9. The number of aryl methyl sites for hydroxylation is 2. The summed E-state index contributed by atoms with van der Waals surface area (Å²) in [5.74, 6) is 0.0926. The van der Waals surface area contributed by atoms with E-state index in [1.54, 1.807) is 22.9 Å². The Morgan fingerprint density at radius 3 is 2.55 bits per heavy atom. The van der Waals surface area contributed by atoms with Gasteiger partial charge in [0.25, 0.3) is 5.91 Å². The zero-order valence-electron chi connectivity index (χ0n) is 18.9. The van der Waals surface area contributed by atoms with E-state index in [2.05, 4.69) is 29.9 Å². The Balaban J connectivity index is 1.48. The van der Waals surface area contributed by atoms with E-state index >= 15 is 0 Å². The third-order valence-corrected chi connectivity index (χ3v) is 8.11. The van der Waals surface area contributed by atoms with Crippen molar-refractivity contribution in [2.45, 2.75) is 42.2 Å². The fraction of sp³-hybridized carbons (Fsp3) is 0.417. The van der Waals surface area contributed by atoms with Crippen LogP contribution >= 0.6 is 23.1 Å². The molecule has 2 aromatic rings. The molecule has 1 aliphatic heterocycles. The standard InChI is InChI=1S/C24H28N4O3S2/c1-4-16-12-15(3)19(32-21-14-25-24(33-21)26-22(30)17-6-7-17)13-18(16)23(31)28-10-8-27(9-11-28)20(29)5-2/h5,12-14,17H,2,4,6-11H2,1,3H3,(H,25,26,30). The molecule has 0 spiro atoms. The maximum Gasteiger partial charge on any atom is 0.254 e. The molecule has 1 saturated carbocycles. The lowest BCUT2D eigenvalue weighted by Gasteiger charge is -2.34. The smallest absolute Gasteiger partial charge is 0.254 e. The van der Waals surface area contributed by atoms with Crippen molar-refractivity contribution in [1.82, 2.24) is 14.8 Å². The van der Waals surface area contributed by atoms with Gasteiger partial charge in [-0.2, -0.15) is 0 Å². The van der Waals surface area contributed by atoms with Crippen LogP contribution in [0.3, 0.4) is 0 Å². The van der Waals surface area contributed by atoms with Crippen LogP contribution in [0.25, 0.3) is 0 Å². The second-order valence-electron chi connectivity index (χ2n) is 8.30. The minimum atomic E-state index is -0.0948. The fourth-order valence-corrected chi connectivity index (χ4v) is 5.75. The average molecular weight is 485 g/mol. The van der Waals surface area contributed by atoms with Crippen LogP contribution in [0.2, 0.25) is 0 Å². The lowest BCUT2D eigenvalue weighted by atomic mass is 10.0. The lowest BCUT2D eigenvalue weighted by molar-refractivity contribution is -0.127. The van der Waals surface area contributed by atoms with Crippen LogP contribution in [0.5, 0.6) is 0 Å². The van der Waals surface area contributed by atoms with Gasteiger partial charge in [0, 0.05) is 42.6 Å². The highest BCUT2D eigenvalue weighted by Crippen LogP contribution is 2.38. The molecule has 4 rings (SSSR count). The van der Waals surface area contributed by atoms with E-state index in [0.29, 0.717) is 36.9 Å². The van der Waals surface area contributed by atoms with Crippen molar-refractivity contribution >= 4 is 46.0 Å². The molecule has 3 amide bonds. The van der Waals surface area contributed by atoms with Crippen molar-refractivity contribution in [2.24, 2.45) is 5.92 Å². The van der Waals surface area contributed by atoms with Crippen LogP contribution in [0.1, 0.15) is 41.3 Å². The monoisotopic (exact) mass is 484 g/mol. The van der Waals surface area contributed by atoms with Gasteiger partial charge in [0.1, 0.15) is 0 Å². The number of carbonyl (C=O) groups excluding carboxylic acids is 3. The average Bonchev–Trinajstić information content (AvgIpc) is 3.60. The second kappa shape index (κ2) is 10.1. The number of thiazole rings is 1. The van der Waals surface area contributed by atoms with Crippen molar-refractivity contribution in [3.63, 3.8) is 0 Å². The molecule has 7 nitrogen and oxygen atoms in total. The molecule has 0 atom stereocenters. The Bertz CT molecular complexity index is 1090. The Labute approximate surface area is 202 Å². The summed E-state index contributed by atoms with van der Waals surface area (Å²) in [4.78, 5) is 46.1. The normalized spacial score (nSPS) is 15.9. The van der Waals surface area contributed by atoms with Crippen molar-refractivity contribution in [3.05, 3.63) is 47.7 Å². The van der Waals surface area contributed by atoms with Gasteiger partial charge < -0.3 is 15.1 Å². The van der Waals surface area contributed by atoms with Crippen molar-refractivity contribution < 1.29 is 14.4 Å². The van der Waals surface area contributed by atoms with E-state index in [1.165, 1.54) is 17.4 Å². The molecule has 2 heterocycles. The van der Waals surface area contributed by atoms with Crippen molar-refractivity contribution in [2.75, 3.05) is 31.5 Å². The quantitative estimate of drug-likeness (QED) is 0.601. The summed E-state index contributed by atoms with van der Waals surface area (Å²) >= 11 is 3.01. The summed E-state index contributed by atoms with van der Waals surface area (Å²) in [6.45, 7) is 9.69. The van der Waals surface area contributed by atoms with Crippen LogP contribution in [0, 0.1) is 12.8 Å². The van der Waals surface area contributed by atoms with E-state index in [1.807, 2.05) is 17.9 Å². The van der Waals surface area contributed by atoms with E-state index in [9.17, 15) is 14.4 Å². The molecule has 2 fully saturated rings. The summed E-state index contributed by atoms with van der Waals surface area (Å²) < 4.78 is 0.961. The van der Waals surface area contributed by atoms with Gasteiger partial charge in [-0.1, -0.05) is 42.7 Å². The number of nitrogens with zero attached hydrogens (tertiary/aromatic N) is 3. The highest BCUT2D eigenvalue weighted by Gasteiger charge is 2.30. The van der Waals surface area contributed by atoms with Gasteiger partial charge in [-0.3, -0.25) is 14.4 Å². The number of amides is 3. The van der Waals surface area contributed by atoms with Crippen LogP contribution in [0.15, 0.2) is 40.1 Å². The SMILES string of the molecule is C=CC(=O)N1CCN(C(=O)c2cc(Sc3cnc(NC(=O)C4CC4)s3)c(C)cc2CC)CC1.